The molecule has 2 N–H and O–H groups in total. The van der Waals surface area contributed by atoms with E-state index in [2.05, 4.69) is 15.9 Å². The van der Waals surface area contributed by atoms with E-state index in [0.717, 1.165) is 4.47 Å². The van der Waals surface area contributed by atoms with Gasteiger partial charge in [-0.3, -0.25) is 0 Å². The predicted octanol–water partition coefficient (Wildman–Crippen LogP) is 3.08. The molecule has 0 fully saturated rings. The molecule has 4 heteroatoms. The van der Waals surface area contributed by atoms with Crippen molar-refractivity contribution < 1.29 is 4.74 Å². The third-order valence-electron chi connectivity index (χ3n) is 1.39. The summed E-state index contributed by atoms with van der Waals surface area (Å²) in [5.74, 6) is 0.625. The highest BCUT2D eigenvalue weighted by Gasteiger charge is 2.07. The first kappa shape index (κ1) is 9.68. The molecule has 12 heavy (non-hydrogen) atoms. The molecule has 2 nitrogen and oxygen atoms in total. The molecule has 0 heterocycles. The number of nitrogen functional groups attached to an aromatic ring is 1. The van der Waals surface area contributed by atoms with Crippen LogP contribution in [0.15, 0.2) is 16.6 Å². The van der Waals surface area contributed by atoms with Crippen LogP contribution < -0.4 is 10.5 Å². The van der Waals surface area contributed by atoms with Crippen molar-refractivity contribution in [2.75, 3.05) is 12.3 Å². The number of hydrogen-bond acceptors (Lipinski definition) is 2. The van der Waals surface area contributed by atoms with E-state index in [1.807, 2.05) is 13.0 Å². The van der Waals surface area contributed by atoms with E-state index < -0.39 is 0 Å². The summed E-state index contributed by atoms with van der Waals surface area (Å²) in [6, 6.07) is 3.60. The zero-order chi connectivity index (χ0) is 9.14. The average molecular weight is 251 g/mol. The van der Waals surface area contributed by atoms with Crippen LogP contribution >= 0.6 is 27.5 Å². The largest absolute Gasteiger partial charge is 0.492 e. The maximum Gasteiger partial charge on any atom is 0.140 e. The predicted molar refractivity (Wildman–Crippen MR) is 54.7 cm³/mol. The van der Waals surface area contributed by atoms with Crippen molar-refractivity contribution in [3.8, 4) is 5.75 Å². The molecule has 0 radical (unpaired) electrons. The van der Waals surface area contributed by atoms with E-state index in [0.29, 0.717) is 23.1 Å². The van der Waals surface area contributed by atoms with Crippen LogP contribution in [0, 0.1) is 0 Å². The van der Waals surface area contributed by atoms with E-state index in [1.165, 1.54) is 0 Å². The molecule has 0 aromatic heterocycles. The fourth-order valence-electron chi connectivity index (χ4n) is 0.816. The van der Waals surface area contributed by atoms with Crippen molar-refractivity contribution in [1.29, 1.82) is 0 Å². The monoisotopic (exact) mass is 249 g/mol. The van der Waals surface area contributed by atoms with Crippen LogP contribution in [-0.4, -0.2) is 6.61 Å². The molecule has 0 saturated carbocycles. The van der Waals surface area contributed by atoms with Crippen molar-refractivity contribution in [1.82, 2.24) is 0 Å². The van der Waals surface area contributed by atoms with E-state index in [4.69, 9.17) is 22.1 Å². The average Bonchev–Trinajstić information content (AvgIpc) is 2.07. The van der Waals surface area contributed by atoms with E-state index in [9.17, 15) is 0 Å². The summed E-state index contributed by atoms with van der Waals surface area (Å²) in [6.45, 7) is 2.48. The lowest BCUT2D eigenvalue weighted by Gasteiger charge is -2.08. The van der Waals surface area contributed by atoms with Gasteiger partial charge in [-0.1, -0.05) is 11.6 Å². The lowest BCUT2D eigenvalue weighted by atomic mass is 10.3. The Morgan fingerprint density at radius 1 is 1.58 bits per heavy atom. The van der Waals surface area contributed by atoms with E-state index in [-0.39, 0.29) is 0 Å². The third kappa shape index (κ3) is 1.84. The molecule has 1 aromatic carbocycles. The molecular formula is C8H9BrClNO. The summed E-state index contributed by atoms with van der Waals surface area (Å²) in [6.07, 6.45) is 0. The minimum atomic E-state index is 0.464. The Hall–Kier alpha value is -0.410. The third-order valence-corrected chi connectivity index (χ3v) is 2.47. The second-order valence-electron chi connectivity index (χ2n) is 2.21. The van der Waals surface area contributed by atoms with Gasteiger partial charge in [-0.15, -0.1) is 0 Å². The number of halogens is 2. The van der Waals surface area contributed by atoms with Crippen molar-refractivity contribution in [2.24, 2.45) is 0 Å². The van der Waals surface area contributed by atoms with Gasteiger partial charge in [0.25, 0.3) is 0 Å². The topological polar surface area (TPSA) is 35.2 Å². The first-order valence-corrected chi connectivity index (χ1v) is 4.70. The molecule has 66 valence electrons. The quantitative estimate of drug-likeness (QED) is 0.819. The molecule has 0 amide bonds. The van der Waals surface area contributed by atoms with Gasteiger partial charge in [0.1, 0.15) is 10.8 Å². The Bertz CT molecular complexity index is 291. The van der Waals surface area contributed by atoms with Gasteiger partial charge in [0, 0.05) is 4.47 Å². The SMILES string of the molecule is CCOc1ccc(Br)c(N)c1Cl. The van der Waals surface area contributed by atoms with Crippen LogP contribution in [0.25, 0.3) is 0 Å². The molecular weight excluding hydrogens is 241 g/mol. The van der Waals surface area contributed by atoms with Gasteiger partial charge in [-0.2, -0.15) is 0 Å². The number of benzene rings is 1. The summed E-state index contributed by atoms with van der Waals surface area (Å²) in [5.41, 5.74) is 6.17. The summed E-state index contributed by atoms with van der Waals surface area (Å²) in [4.78, 5) is 0. The Labute approximate surface area is 84.8 Å². The highest BCUT2D eigenvalue weighted by molar-refractivity contribution is 9.10. The number of nitrogens with two attached hydrogens (primary N) is 1. The van der Waals surface area contributed by atoms with Gasteiger partial charge in [0.2, 0.25) is 0 Å². The van der Waals surface area contributed by atoms with Gasteiger partial charge in [0.05, 0.1) is 12.3 Å². The number of ether oxygens (including phenoxy) is 1. The standard InChI is InChI=1S/C8H9BrClNO/c1-2-12-6-4-3-5(9)8(11)7(6)10/h3-4H,2,11H2,1H3. The van der Waals surface area contributed by atoms with Gasteiger partial charge in [0.15, 0.2) is 0 Å². The van der Waals surface area contributed by atoms with Crippen LogP contribution in [0.2, 0.25) is 5.02 Å². The summed E-state index contributed by atoms with van der Waals surface area (Å²) >= 11 is 9.16. The second kappa shape index (κ2) is 4.01. The Kier molecular flexibility index (Phi) is 3.23. The lowest BCUT2D eigenvalue weighted by molar-refractivity contribution is 0.340. The molecule has 0 aliphatic heterocycles. The smallest absolute Gasteiger partial charge is 0.140 e. The minimum Gasteiger partial charge on any atom is -0.492 e. The Morgan fingerprint density at radius 3 is 2.83 bits per heavy atom. The summed E-state index contributed by atoms with van der Waals surface area (Å²) < 4.78 is 6.03. The fraction of sp³-hybridized carbons (Fsp3) is 0.250. The summed E-state index contributed by atoms with van der Waals surface area (Å²) in [5, 5.41) is 0.464. The van der Waals surface area contributed by atoms with Crippen LogP contribution in [-0.2, 0) is 0 Å². The van der Waals surface area contributed by atoms with Crippen molar-refractivity contribution >= 4 is 33.2 Å². The fourth-order valence-corrected chi connectivity index (χ4v) is 1.48. The van der Waals surface area contributed by atoms with Gasteiger partial charge in [-0.25, -0.2) is 0 Å². The molecule has 0 spiro atoms. The lowest BCUT2D eigenvalue weighted by Crippen LogP contribution is -1.95. The molecule has 1 aromatic rings. The van der Waals surface area contributed by atoms with Gasteiger partial charge in [-0.05, 0) is 35.0 Å². The van der Waals surface area contributed by atoms with Gasteiger partial charge >= 0.3 is 0 Å². The van der Waals surface area contributed by atoms with Crippen LogP contribution in [0.5, 0.6) is 5.75 Å². The molecule has 0 aliphatic carbocycles. The zero-order valence-electron chi connectivity index (χ0n) is 6.60. The number of hydrogen-bond donors (Lipinski definition) is 1. The minimum absolute atomic E-state index is 0.464. The van der Waals surface area contributed by atoms with Crippen molar-refractivity contribution in [3.63, 3.8) is 0 Å². The number of anilines is 1. The summed E-state index contributed by atoms with van der Waals surface area (Å²) in [7, 11) is 0. The first-order valence-electron chi connectivity index (χ1n) is 3.53. The Balaban J connectivity index is 3.08. The van der Waals surface area contributed by atoms with Gasteiger partial charge < -0.3 is 10.5 Å². The van der Waals surface area contributed by atoms with Crippen LogP contribution in [0.3, 0.4) is 0 Å². The molecule has 0 saturated heterocycles. The molecule has 1 rings (SSSR count). The zero-order valence-corrected chi connectivity index (χ0v) is 8.95. The van der Waals surface area contributed by atoms with Crippen molar-refractivity contribution in [3.05, 3.63) is 21.6 Å². The van der Waals surface area contributed by atoms with Crippen LogP contribution in [0.4, 0.5) is 5.69 Å². The first-order chi connectivity index (χ1) is 5.66. The second-order valence-corrected chi connectivity index (χ2v) is 3.44. The molecule has 0 aliphatic rings. The van der Waals surface area contributed by atoms with E-state index in [1.54, 1.807) is 6.07 Å². The maximum atomic E-state index is 5.90. The highest BCUT2D eigenvalue weighted by Crippen LogP contribution is 2.35. The normalized spacial score (nSPS) is 9.92. The highest BCUT2D eigenvalue weighted by atomic mass is 79.9. The van der Waals surface area contributed by atoms with Crippen molar-refractivity contribution in [2.45, 2.75) is 6.92 Å². The molecule has 0 atom stereocenters. The molecule has 0 bridgehead atoms. The Morgan fingerprint density at radius 2 is 2.25 bits per heavy atom. The molecule has 0 unspecified atom stereocenters. The number of rotatable bonds is 2. The van der Waals surface area contributed by atoms with E-state index >= 15 is 0 Å². The maximum absolute atomic E-state index is 5.90. The van der Waals surface area contributed by atoms with Crippen LogP contribution in [0.1, 0.15) is 6.92 Å².